The van der Waals surface area contributed by atoms with E-state index in [4.69, 9.17) is 14.2 Å². The van der Waals surface area contributed by atoms with Crippen molar-refractivity contribution in [1.82, 2.24) is 4.90 Å². The van der Waals surface area contributed by atoms with E-state index in [2.05, 4.69) is 0 Å². The number of nitrogens with zero attached hydrogens (tertiary/aromatic N) is 1. The van der Waals surface area contributed by atoms with E-state index >= 15 is 0 Å². The van der Waals surface area contributed by atoms with E-state index in [1.54, 1.807) is 7.11 Å². The summed E-state index contributed by atoms with van der Waals surface area (Å²) >= 11 is 0. The van der Waals surface area contributed by atoms with Gasteiger partial charge in [-0.05, 0) is 36.5 Å². The Morgan fingerprint density at radius 2 is 2.00 bits per heavy atom. The van der Waals surface area contributed by atoms with E-state index in [1.165, 1.54) is 32.1 Å². The first-order chi connectivity index (χ1) is 11.8. The highest BCUT2D eigenvalue weighted by molar-refractivity contribution is 5.76. The normalized spacial score (nSPS) is 17.0. The van der Waals surface area contributed by atoms with Crippen molar-refractivity contribution in [3.63, 3.8) is 0 Å². The van der Waals surface area contributed by atoms with Crippen molar-refractivity contribution < 1.29 is 19.0 Å². The van der Waals surface area contributed by atoms with Gasteiger partial charge in [-0.2, -0.15) is 0 Å². The number of hydrogen-bond acceptors (Lipinski definition) is 4. The van der Waals surface area contributed by atoms with Gasteiger partial charge in [0.15, 0.2) is 11.5 Å². The number of methoxy groups -OCH3 is 1. The number of carbonyl (C=O) groups excluding carboxylic acids is 1. The summed E-state index contributed by atoms with van der Waals surface area (Å²) in [7, 11) is 1.67. The highest BCUT2D eigenvalue weighted by Gasteiger charge is 2.22. The summed E-state index contributed by atoms with van der Waals surface area (Å²) in [5, 5.41) is 0. The highest BCUT2D eigenvalue weighted by Crippen LogP contribution is 2.33. The van der Waals surface area contributed by atoms with Crippen LogP contribution in [0.1, 0.15) is 44.1 Å². The van der Waals surface area contributed by atoms with Gasteiger partial charge in [0.1, 0.15) is 0 Å². The lowest BCUT2D eigenvalue weighted by molar-refractivity contribution is -0.133. The van der Waals surface area contributed by atoms with Crippen molar-refractivity contribution in [1.29, 1.82) is 0 Å². The zero-order valence-electron chi connectivity index (χ0n) is 14.5. The van der Waals surface area contributed by atoms with Crippen molar-refractivity contribution in [2.75, 3.05) is 27.1 Å². The third-order valence-corrected chi connectivity index (χ3v) is 4.92. The van der Waals surface area contributed by atoms with Crippen LogP contribution in [0, 0.1) is 5.92 Å². The molecule has 1 aromatic rings. The number of rotatable bonds is 7. The van der Waals surface area contributed by atoms with Gasteiger partial charge in [0, 0.05) is 26.6 Å². The Bertz CT molecular complexity index is 554. The summed E-state index contributed by atoms with van der Waals surface area (Å²) in [6.07, 6.45) is 6.88. The zero-order chi connectivity index (χ0) is 16.8. The molecular formula is C19H27NO4. The van der Waals surface area contributed by atoms with Crippen LogP contribution in [0.2, 0.25) is 0 Å². The molecule has 1 aromatic carbocycles. The molecule has 5 heteroatoms. The van der Waals surface area contributed by atoms with Crippen LogP contribution in [0.3, 0.4) is 0 Å². The summed E-state index contributed by atoms with van der Waals surface area (Å²) in [6, 6.07) is 5.88. The molecule has 0 radical (unpaired) electrons. The number of fused-ring (bicyclic) bond motifs is 1. The molecule has 3 rings (SSSR count). The Kier molecular flexibility index (Phi) is 5.96. The minimum atomic E-state index is 0.233. The average molecular weight is 333 g/mol. The van der Waals surface area contributed by atoms with Crippen LogP contribution in [-0.2, 0) is 16.1 Å². The first-order valence-electron chi connectivity index (χ1n) is 8.91. The Hall–Kier alpha value is -1.75. The van der Waals surface area contributed by atoms with E-state index in [0.29, 0.717) is 32.0 Å². The fraction of sp³-hybridized carbons (Fsp3) is 0.632. The summed E-state index contributed by atoms with van der Waals surface area (Å²) in [5.41, 5.74) is 1.06. The van der Waals surface area contributed by atoms with Gasteiger partial charge in [-0.1, -0.05) is 25.3 Å². The van der Waals surface area contributed by atoms with E-state index in [0.717, 1.165) is 17.1 Å². The molecule has 1 fully saturated rings. The maximum Gasteiger partial charge on any atom is 0.231 e. The molecule has 0 unspecified atom stereocenters. The number of amides is 1. The Balaban J connectivity index is 1.62. The fourth-order valence-electron chi connectivity index (χ4n) is 3.52. The molecule has 0 bridgehead atoms. The second-order valence-corrected chi connectivity index (χ2v) is 6.70. The maximum atomic E-state index is 12.8. The van der Waals surface area contributed by atoms with Crippen molar-refractivity contribution in [3.8, 4) is 11.5 Å². The first-order valence-corrected chi connectivity index (χ1v) is 8.91. The SMILES string of the molecule is COCCN(Cc1ccc2c(c1)OCO2)C(=O)CC1CCCCC1. The van der Waals surface area contributed by atoms with E-state index in [1.807, 2.05) is 23.1 Å². The molecule has 132 valence electrons. The van der Waals surface area contributed by atoms with Gasteiger partial charge < -0.3 is 19.1 Å². The summed E-state index contributed by atoms with van der Waals surface area (Å²) in [4.78, 5) is 14.7. The Morgan fingerprint density at radius 1 is 1.21 bits per heavy atom. The molecule has 5 nitrogen and oxygen atoms in total. The second kappa shape index (κ2) is 8.38. The molecule has 0 atom stereocenters. The van der Waals surface area contributed by atoms with Gasteiger partial charge in [0.05, 0.1) is 6.61 Å². The molecule has 0 N–H and O–H groups in total. The quantitative estimate of drug-likeness (QED) is 0.768. The fourth-order valence-corrected chi connectivity index (χ4v) is 3.52. The summed E-state index contributed by atoms with van der Waals surface area (Å²) in [5.74, 6) is 2.32. The predicted molar refractivity (Wildman–Crippen MR) is 91.1 cm³/mol. The molecule has 1 aliphatic heterocycles. The van der Waals surface area contributed by atoms with Gasteiger partial charge in [0.25, 0.3) is 0 Å². The van der Waals surface area contributed by atoms with Crippen LogP contribution in [0.25, 0.3) is 0 Å². The molecule has 2 aliphatic rings. The van der Waals surface area contributed by atoms with Crippen molar-refractivity contribution in [3.05, 3.63) is 23.8 Å². The Morgan fingerprint density at radius 3 is 2.79 bits per heavy atom. The van der Waals surface area contributed by atoms with Crippen LogP contribution in [0.15, 0.2) is 18.2 Å². The molecule has 24 heavy (non-hydrogen) atoms. The lowest BCUT2D eigenvalue weighted by Crippen LogP contribution is -2.34. The molecule has 1 saturated carbocycles. The molecule has 1 aliphatic carbocycles. The second-order valence-electron chi connectivity index (χ2n) is 6.70. The van der Waals surface area contributed by atoms with Crippen LogP contribution in [-0.4, -0.2) is 37.9 Å². The number of benzene rings is 1. The molecular weight excluding hydrogens is 306 g/mol. The Labute approximate surface area is 143 Å². The average Bonchev–Trinajstić information content (AvgIpc) is 3.07. The van der Waals surface area contributed by atoms with Crippen LogP contribution in [0.4, 0.5) is 0 Å². The summed E-state index contributed by atoms with van der Waals surface area (Å²) in [6.45, 7) is 2.04. The van der Waals surface area contributed by atoms with E-state index in [-0.39, 0.29) is 12.7 Å². The molecule has 1 amide bonds. The monoisotopic (exact) mass is 333 g/mol. The third-order valence-electron chi connectivity index (χ3n) is 4.92. The molecule has 0 spiro atoms. The number of carbonyl (C=O) groups is 1. The standard InChI is InChI=1S/C19H27NO4/c1-22-10-9-20(19(21)12-15-5-3-2-4-6-15)13-16-7-8-17-18(11-16)24-14-23-17/h7-8,11,15H,2-6,9-10,12-14H2,1H3. The van der Waals surface area contributed by atoms with Gasteiger partial charge in [0.2, 0.25) is 12.7 Å². The van der Waals surface area contributed by atoms with Gasteiger partial charge in [-0.25, -0.2) is 0 Å². The molecule has 1 heterocycles. The molecule has 0 aromatic heterocycles. The highest BCUT2D eigenvalue weighted by atomic mass is 16.7. The minimum absolute atomic E-state index is 0.233. The largest absolute Gasteiger partial charge is 0.454 e. The number of ether oxygens (including phenoxy) is 3. The van der Waals surface area contributed by atoms with Crippen LogP contribution in [0.5, 0.6) is 11.5 Å². The van der Waals surface area contributed by atoms with Crippen molar-refractivity contribution in [2.45, 2.75) is 45.1 Å². The van der Waals surface area contributed by atoms with Crippen LogP contribution < -0.4 is 9.47 Å². The van der Waals surface area contributed by atoms with Crippen molar-refractivity contribution in [2.24, 2.45) is 5.92 Å². The minimum Gasteiger partial charge on any atom is -0.454 e. The summed E-state index contributed by atoms with van der Waals surface area (Å²) < 4.78 is 16.0. The first kappa shape index (κ1) is 17.1. The van der Waals surface area contributed by atoms with Gasteiger partial charge in [-0.3, -0.25) is 4.79 Å². The van der Waals surface area contributed by atoms with E-state index < -0.39 is 0 Å². The topological polar surface area (TPSA) is 48.0 Å². The smallest absolute Gasteiger partial charge is 0.231 e. The van der Waals surface area contributed by atoms with Gasteiger partial charge in [-0.15, -0.1) is 0 Å². The van der Waals surface area contributed by atoms with Crippen molar-refractivity contribution >= 4 is 5.91 Å². The zero-order valence-corrected chi connectivity index (χ0v) is 14.5. The third kappa shape index (κ3) is 4.41. The predicted octanol–water partition coefficient (Wildman–Crippen LogP) is 3.36. The van der Waals surface area contributed by atoms with Crippen LogP contribution >= 0.6 is 0 Å². The number of hydrogen-bond donors (Lipinski definition) is 0. The van der Waals surface area contributed by atoms with E-state index in [9.17, 15) is 4.79 Å². The lowest BCUT2D eigenvalue weighted by atomic mass is 9.86. The lowest BCUT2D eigenvalue weighted by Gasteiger charge is -2.27. The molecule has 0 saturated heterocycles. The maximum absolute atomic E-state index is 12.8. The van der Waals surface area contributed by atoms with Gasteiger partial charge >= 0.3 is 0 Å².